The maximum Gasteiger partial charge on any atom is 0.0784 e. The lowest BCUT2D eigenvalue weighted by molar-refractivity contribution is 0.292. The van der Waals surface area contributed by atoms with Crippen molar-refractivity contribution in [2.45, 2.75) is 44.6 Å². The number of hydrogen-bond donors (Lipinski definition) is 1. The molecule has 1 aliphatic rings. The molecule has 0 aromatic carbocycles. The maximum atomic E-state index is 4.04. The molecule has 1 unspecified atom stereocenters. The average molecular weight is 208 g/mol. The topological polar surface area (TPSA) is 42.7 Å². The fourth-order valence-electron chi connectivity index (χ4n) is 2.57. The van der Waals surface area contributed by atoms with Gasteiger partial charge in [0.1, 0.15) is 0 Å². The van der Waals surface area contributed by atoms with E-state index in [1.54, 1.807) is 0 Å². The number of aryl methyl sites for hydroxylation is 1. The Bertz CT molecular complexity index is 310. The van der Waals surface area contributed by atoms with Gasteiger partial charge in [0, 0.05) is 7.05 Å². The molecule has 84 valence electrons. The molecule has 2 heterocycles. The van der Waals surface area contributed by atoms with Crippen LogP contribution in [0.25, 0.3) is 0 Å². The molecule has 4 nitrogen and oxygen atoms in total. The van der Waals surface area contributed by atoms with Crippen molar-refractivity contribution < 1.29 is 0 Å². The fourth-order valence-corrected chi connectivity index (χ4v) is 2.57. The molecule has 4 heteroatoms. The van der Waals surface area contributed by atoms with Gasteiger partial charge in [-0.05, 0) is 25.8 Å². The minimum absolute atomic E-state index is 0.106. The quantitative estimate of drug-likeness (QED) is 0.802. The SMILES string of the molecule is CCC1(c2cnnn2C)CCCCCN1. The van der Waals surface area contributed by atoms with Gasteiger partial charge in [0.05, 0.1) is 17.4 Å². The number of hydrogen-bond acceptors (Lipinski definition) is 3. The Balaban J connectivity index is 2.30. The van der Waals surface area contributed by atoms with E-state index >= 15 is 0 Å². The first kappa shape index (κ1) is 10.6. The molecule has 2 rings (SSSR count). The smallest absolute Gasteiger partial charge is 0.0784 e. The van der Waals surface area contributed by atoms with Gasteiger partial charge in [-0.25, -0.2) is 0 Å². The van der Waals surface area contributed by atoms with E-state index in [9.17, 15) is 0 Å². The molecule has 0 radical (unpaired) electrons. The molecule has 1 atom stereocenters. The highest BCUT2D eigenvalue weighted by Crippen LogP contribution is 2.31. The van der Waals surface area contributed by atoms with Crippen LogP contribution in [0, 0.1) is 0 Å². The summed E-state index contributed by atoms with van der Waals surface area (Å²) in [6, 6.07) is 0. The first-order valence-electron chi connectivity index (χ1n) is 5.89. The zero-order chi connectivity index (χ0) is 10.7. The van der Waals surface area contributed by atoms with E-state index in [2.05, 4.69) is 22.6 Å². The van der Waals surface area contributed by atoms with Crippen LogP contribution in [0.2, 0.25) is 0 Å². The molecule has 1 aliphatic heterocycles. The molecule has 1 aromatic rings. The van der Waals surface area contributed by atoms with Crippen LogP contribution in [-0.2, 0) is 12.6 Å². The summed E-state index contributed by atoms with van der Waals surface area (Å²) in [5.74, 6) is 0. The van der Waals surface area contributed by atoms with Crippen LogP contribution < -0.4 is 5.32 Å². The largest absolute Gasteiger partial charge is 0.306 e. The Morgan fingerprint density at radius 2 is 2.33 bits per heavy atom. The molecular formula is C11H20N4. The van der Waals surface area contributed by atoms with Gasteiger partial charge in [-0.2, -0.15) is 0 Å². The van der Waals surface area contributed by atoms with Gasteiger partial charge in [-0.1, -0.05) is 25.0 Å². The Labute approximate surface area is 91.1 Å². The Kier molecular flexibility index (Phi) is 3.05. The van der Waals surface area contributed by atoms with Gasteiger partial charge < -0.3 is 5.32 Å². The molecule has 0 aliphatic carbocycles. The van der Waals surface area contributed by atoms with Crippen molar-refractivity contribution in [2.24, 2.45) is 7.05 Å². The van der Waals surface area contributed by atoms with Gasteiger partial charge in [-0.15, -0.1) is 5.10 Å². The predicted molar refractivity (Wildman–Crippen MR) is 59.4 cm³/mol. The molecule has 1 N–H and O–H groups in total. The Hall–Kier alpha value is -0.900. The summed E-state index contributed by atoms with van der Waals surface area (Å²) < 4.78 is 1.90. The summed E-state index contributed by atoms with van der Waals surface area (Å²) in [7, 11) is 1.98. The molecule has 1 fully saturated rings. The van der Waals surface area contributed by atoms with Gasteiger partial charge in [-0.3, -0.25) is 4.68 Å². The minimum atomic E-state index is 0.106. The van der Waals surface area contributed by atoms with E-state index in [1.165, 1.54) is 31.4 Å². The Morgan fingerprint density at radius 1 is 1.47 bits per heavy atom. The highest BCUT2D eigenvalue weighted by atomic mass is 15.4. The summed E-state index contributed by atoms with van der Waals surface area (Å²) in [5, 5.41) is 11.7. The van der Waals surface area contributed by atoms with E-state index in [0.717, 1.165) is 13.0 Å². The van der Waals surface area contributed by atoms with Crippen LogP contribution in [0.5, 0.6) is 0 Å². The van der Waals surface area contributed by atoms with Crippen molar-refractivity contribution in [3.8, 4) is 0 Å². The van der Waals surface area contributed by atoms with Gasteiger partial charge in [0.25, 0.3) is 0 Å². The number of nitrogens with zero attached hydrogens (tertiary/aromatic N) is 3. The summed E-state index contributed by atoms with van der Waals surface area (Å²) in [5.41, 5.74) is 1.33. The van der Waals surface area contributed by atoms with Crippen molar-refractivity contribution in [2.75, 3.05) is 6.54 Å². The molecule has 1 saturated heterocycles. The van der Waals surface area contributed by atoms with Crippen molar-refractivity contribution in [1.29, 1.82) is 0 Å². The van der Waals surface area contributed by atoms with Crippen LogP contribution in [0.4, 0.5) is 0 Å². The number of nitrogens with one attached hydrogen (secondary N) is 1. The number of aromatic nitrogens is 3. The predicted octanol–water partition coefficient (Wildman–Crippen LogP) is 1.58. The average Bonchev–Trinajstić information content (AvgIpc) is 2.56. The molecule has 0 spiro atoms. The summed E-state index contributed by atoms with van der Waals surface area (Å²) in [6.07, 6.45) is 8.12. The lowest BCUT2D eigenvalue weighted by Crippen LogP contribution is -2.42. The minimum Gasteiger partial charge on any atom is -0.306 e. The van der Waals surface area contributed by atoms with Crippen LogP contribution in [-0.4, -0.2) is 21.5 Å². The van der Waals surface area contributed by atoms with Crippen LogP contribution >= 0.6 is 0 Å². The van der Waals surface area contributed by atoms with Crippen LogP contribution in [0.1, 0.15) is 44.7 Å². The van der Waals surface area contributed by atoms with E-state index in [-0.39, 0.29) is 5.54 Å². The van der Waals surface area contributed by atoms with E-state index < -0.39 is 0 Å². The lowest BCUT2D eigenvalue weighted by atomic mass is 9.87. The molecule has 0 bridgehead atoms. The second-order valence-corrected chi connectivity index (χ2v) is 4.42. The number of rotatable bonds is 2. The molecule has 15 heavy (non-hydrogen) atoms. The zero-order valence-corrected chi connectivity index (χ0v) is 9.66. The van der Waals surface area contributed by atoms with Crippen molar-refractivity contribution in [3.05, 3.63) is 11.9 Å². The molecular weight excluding hydrogens is 188 g/mol. The van der Waals surface area contributed by atoms with Gasteiger partial charge in [0.2, 0.25) is 0 Å². The summed E-state index contributed by atoms with van der Waals surface area (Å²) in [6.45, 7) is 3.35. The van der Waals surface area contributed by atoms with Crippen LogP contribution in [0.15, 0.2) is 6.20 Å². The van der Waals surface area contributed by atoms with Crippen molar-refractivity contribution in [1.82, 2.24) is 20.3 Å². The van der Waals surface area contributed by atoms with E-state index in [0.29, 0.717) is 0 Å². The lowest BCUT2D eigenvalue weighted by Gasteiger charge is -2.32. The highest BCUT2D eigenvalue weighted by molar-refractivity contribution is 5.12. The van der Waals surface area contributed by atoms with E-state index in [1.807, 2.05) is 17.9 Å². The molecule has 0 saturated carbocycles. The maximum absolute atomic E-state index is 4.04. The summed E-state index contributed by atoms with van der Waals surface area (Å²) in [4.78, 5) is 0. The van der Waals surface area contributed by atoms with Crippen molar-refractivity contribution in [3.63, 3.8) is 0 Å². The first-order valence-corrected chi connectivity index (χ1v) is 5.89. The van der Waals surface area contributed by atoms with Gasteiger partial charge >= 0.3 is 0 Å². The Morgan fingerprint density at radius 3 is 3.00 bits per heavy atom. The molecule has 0 amide bonds. The molecule has 1 aromatic heterocycles. The standard InChI is InChI=1S/C11H20N4/c1-3-11(7-5-4-6-8-12-11)10-9-13-14-15(10)2/h9,12H,3-8H2,1-2H3. The summed E-state index contributed by atoms with van der Waals surface area (Å²) >= 11 is 0. The van der Waals surface area contributed by atoms with Crippen molar-refractivity contribution >= 4 is 0 Å². The van der Waals surface area contributed by atoms with Crippen LogP contribution in [0.3, 0.4) is 0 Å². The third-order valence-electron chi connectivity index (χ3n) is 3.55. The zero-order valence-electron chi connectivity index (χ0n) is 9.66. The third-order valence-corrected chi connectivity index (χ3v) is 3.55. The second-order valence-electron chi connectivity index (χ2n) is 4.42. The fraction of sp³-hybridized carbons (Fsp3) is 0.818. The second kappa shape index (κ2) is 4.31. The van der Waals surface area contributed by atoms with Gasteiger partial charge in [0.15, 0.2) is 0 Å². The van der Waals surface area contributed by atoms with E-state index in [4.69, 9.17) is 0 Å². The first-order chi connectivity index (χ1) is 7.28. The highest BCUT2D eigenvalue weighted by Gasteiger charge is 2.33. The monoisotopic (exact) mass is 208 g/mol. The normalized spacial score (nSPS) is 27.6. The third kappa shape index (κ3) is 1.91.